The van der Waals surface area contributed by atoms with Crippen molar-refractivity contribution < 1.29 is 38.1 Å². The van der Waals surface area contributed by atoms with E-state index in [0.717, 1.165) is 85.8 Å². The van der Waals surface area contributed by atoms with E-state index >= 15 is 0 Å². The van der Waals surface area contributed by atoms with Crippen molar-refractivity contribution in [3.05, 3.63) is 108 Å². The Morgan fingerprint density at radius 1 is 0.288 bits per heavy atom. The summed E-state index contributed by atoms with van der Waals surface area (Å²) in [5.41, 5.74) is 1.24. The van der Waals surface area contributed by atoms with Crippen molar-refractivity contribution >= 4 is 45.4 Å². The van der Waals surface area contributed by atoms with Gasteiger partial charge < -0.3 is 18.9 Å². The number of fused-ring (bicyclic) bond motifs is 2. The van der Waals surface area contributed by atoms with Gasteiger partial charge in [-0.2, -0.15) is 0 Å². The molecule has 0 bridgehead atoms. The fraction of sp³-hybridized carbons (Fsp3) is 0.552. The number of benzene rings is 4. The maximum Gasteiger partial charge on any atom is 0.338 e. The third-order valence-electron chi connectivity index (χ3n) is 12.4. The first-order chi connectivity index (χ1) is 32.5. The predicted molar refractivity (Wildman–Crippen MR) is 269 cm³/mol. The molecule has 0 amide bonds. The molecule has 0 saturated heterocycles. The lowest BCUT2D eigenvalue weighted by Gasteiger charge is -2.06. The Bertz CT molecular complexity index is 1840. The van der Waals surface area contributed by atoms with Gasteiger partial charge in [0.1, 0.15) is 0 Å². The first-order valence-electron chi connectivity index (χ1n) is 25.8. The number of ether oxygens (including phenoxy) is 4. The molecule has 66 heavy (non-hydrogen) atoms. The number of esters is 4. The first kappa shape index (κ1) is 53.6. The molecule has 0 heterocycles. The lowest BCUT2D eigenvalue weighted by molar-refractivity contribution is -0.140. The van der Waals surface area contributed by atoms with Gasteiger partial charge in [0.2, 0.25) is 0 Å². The Balaban J connectivity index is 0.793. The van der Waals surface area contributed by atoms with Crippen molar-refractivity contribution in [3.63, 3.8) is 0 Å². The van der Waals surface area contributed by atoms with Gasteiger partial charge in [0.05, 0.1) is 37.6 Å². The van der Waals surface area contributed by atoms with Gasteiger partial charge in [0.25, 0.3) is 0 Å². The number of hydrogen-bond donors (Lipinski definition) is 0. The average Bonchev–Trinajstić information content (AvgIpc) is 3.34. The molecule has 360 valence electrons. The third kappa shape index (κ3) is 24.5. The normalized spacial score (nSPS) is 11.3. The zero-order chi connectivity index (χ0) is 46.5. The van der Waals surface area contributed by atoms with Crippen LogP contribution in [-0.4, -0.2) is 50.3 Å². The van der Waals surface area contributed by atoms with E-state index in [2.05, 4.69) is 0 Å². The molecule has 0 unspecified atom stereocenters. The van der Waals surface area contributed by atoms with Crippen LogP contribution in [0.3, 0.4) is 0 Å². The minimum absolute atomic E-state index is 0.235. The van der Waals surface area contributed by atoms with E-state index < -0.39 is 11.9 Å². The second kappa shape index (κ2) is 35.2. The van der Waals surface area contributed by atoms with Crippen LogP contribution >= 0.6 is 0 Å². The molecule has 8 heteroatoms. The lowest BCUT2D eigenvalue weighted by Crippen LogP contribution is -2.06. The highest BCUT2D eigenvalue weighted by atomic mass is 16.5. The van der Waals surface area contributed by atoms with E-state index in [0.29, 0.717) is 37.6 Å². The zero-order valence-corrected chi connectivity index (χ0v) is 40.1. The summed E-state index contributed by atoms with van der Waals surface area (Å²) in [6.45, 7) is 1.73. The minimum Gasteiger partial charge on any atom is -0.463 e. The highest BCUT2D eigenvalue weighted by molar-refractivity contribution is 5.96. The van der Waals surface area contributed by atoms with Crippen LogP contribution < -0.4 is 0 Å². The molecule has 0 aromatic heterocycles. The van der Waals surface area contributed by atoms with Crippen LogP contribution in [0.15, 0.2) is 97.1 Å². The van der Waals surface area contributed by atoms with E-state index in [4.69, 9.17) is 18.9 Å². The quantitative estimate of drug-likeness (QED) is 0.0189. The van der Waals surface area contributed by atoms with Crippen LogP contribution in [0.4, 0.5) is 0 Å². The number of carbonyl (C=O) groups is 4. The van der Waals surface area contributed by atoms with Crippen molar-refractivity contribution in [1.82, 2.24) is 0 Å². The third-order valence-corrected chi connectivity index (χ3v) is 12.4. The molecule has 0 atom stereocenters. The SMILES string of the molecule is O=C(/C=C\C(=O)OCCCCCCCCCCCCCCCCOC(=O)c1ccc2ccccc2c1)OCCCCCCCCCCCCCCCCOC(=O)c1ccc2ccccc2c1. The standard InChI is InChI=1S/C58H80O8/c59-55(63-43-29-21-17-13-9-5-1-3-7-11-15-19-23-31-45-65-57(61)53-39-37-49-33-25-27-35-51(49)47-53)41-42-56(60)64-44-30-22-18-14-10-6-2-4-8-12-16-20-24-32-46-66-58(62)54-40-38-50-34-26-28-36-52(50)48-54/h25-28,33-42,47-48H,1-24,29-32,43-46H2/b42-41-. The maximum atomic E-state index is 12.4. The molecule has 0 aliphatic heterocycles. The summed E-state index contributed by atoms with van der Waals surface area (Å²) in [5, 5.41) is 4.37. The van der Waals surface area contributed by atoms with E-state index in [1.165, 1.54) is 128 Å². The summed E-state index contributed by atoms with van der Waals surface area (Å²) in [5.74, 6) is -1.45. The van der Waals surface area contributed by atoms with Crippen LogP contribution in [0.25, 0.3) is 21.5 Å². The Morgan fingerprint density at radius 2 is 0.530 bits per heavy atom. The molecule has 4 rings (SSSR count). The molecule has 8 nitrogen and oxygen atoms in total. The maximum absolute atomic E-state index is 12.4. The fourth-order valence-electron chi connectivity index (χ4n) is 8.36. The van der Waals surface area contributed by atoms with Gasteiger partial charge in [-0.05, 0) is 71.5 Å². The largest absolute Gasteiger partial charge is 0.463 e. The molecule has 0 saturated carbocycles. The number of unbranched alkanes of at least 4 members (excludes halogenated alkanes) is 26. The number of hydrogen-bond acceptors (Lipinski definition) is 8. The second-order valence-electron chi connectivity index (χ2n) is 18.0. The summed E-state index contributed by atoms with van der Waals surface area (Å²) in [7, 11) is 0. The van der Waals surface area contributed by atoms with Gasteiger partial charge in [-0.15, -0.1) is 0 Å². The Morgan fingerprint density at radius 3 is 0.818 bits per heavy atom. The molecular formula is C58H80O8. The van der Waals surface area contributed by atoms with Gasteiger partial charge in [0, 0.05) is 12.2 Å². The molecule has 4 aromatic rings. The topological polar surface area (TPSA) is 105 Å². The summed E-state index contributed by atoms with van der Waals surface area (Å²) < 4.78 is 21.5. The van der Waals surface area contributed by atoms with Crippen molar-refractivity contribution in [3.8, 4) is 0 Å². The Labute approximate surface area is 396 Å². The predicted octanol–water partition coefficient (Wildman–Crippen LogP) is 15.6. The van der Waals surface area contributed by atoms with Crippen LogP contribution in [0.1, 0.15) is 200 Å². The van der Waals surface area contributed by atoms with Gasteiger partial charge >= 0.3 is 23.9 Å². The Hall–Kier alpha value is -4.98. The molecule has 0 radical (unpaired) electrons. The van der Waals surface area contributed by atoms with E-state index in [1.54, 1.807) is 0 Å². The summed E-state index contributed by atoms with van der Waals surface area (Å²) >= 11 is 0. The van der Waals surface area contributed by atoms with Crippen molar-refractivity contribution in [2.45, 2.75) is 180 Å². The fourth-order valence-corrected chi connectivity index (χ4v) is 8.36. The van der Waals surface area contributed by atoms with Gasteiger partial charge in [0.15, 0.2) is 0 Å². The van der Waals surface area contributed by atoms with Crippen LogP contribution in [0.2, 0.25) is 0 Å². The van der Waals surface area contributed by atoms with Crippen LogP contribution in [0, 0.1) is 0 Å². The average molecular weight is 905 g/mol. The highest BCUT2D eigenvalue weighted by Crippen LogP contribution is 2.19. The van der Waals surface area contributed by atoms with Crippen molar-refractivity contribution in [1.29, 1.82) is 0 Å². The monoisotopic (exact) mass is 905 g/mol. The van der Waals surface area contributed by atoms with Gasteiger partial charge in [-0.3, -0.25) is 0 Å². The molecule has 0 aliphatic rings. The van der Waals surface area contributed by atoms with Crippen LogP contribution in [0.5, 0.6) is 0 Å². The number of carbonyl (C=O) groups excluding carboxylic acids is 4. The van der Waals surface area contributed by atoms with Gasteiger partial charge in [-0.25, -0.2) is 19.2 Å². The molecule has 4 aromatic carbocycles. The second-order valence-corrected chi connectivity index (χ2v) is 18.0. The van der Waals surface area contributed by atoms with E-state index in [9.17, 15) is 19.2 Å². The first-order valence-corrected chi connectivity index (χ1v) is 25.8. The van der Waals surface area contributed by atoms with Gasteiger partial charge in [-0.1, -0.05) is 215 Å². The summed E-state index contributed by atoms with van der Waals surface area (Å²) in [4.78, 5) is 48.7. The molecule has 0 aliphatic carbocycles. The van der Waals surface area contributed by atoms with Crippen molar-refractivity contribution in [2.24, 2.45) is 0 Å². The molecule has 0 N–H and O–H groups in total. The lowest BCUT2D eigenvalue weighted by atomic mass is 10.0. The van der Waals surface area contributed by atoms with E-state index in [-0.39, 0.29) is 11.9 Å². The highest BCUT2D eigenvalue weighted by Gasteiger charge is 2.09. The molecule has 0 fully saturated rings. The smallest absolute Gasteiger partial charge is 0.338 e. The van der Waals surface area contributed by atoms with Crippen molar-refractivity contribution in [2.75, 3.05) is 26.4 Å². The van der Waals surface area contributed by atoms with Crippen LogP contribution in [-0.2, 0) is 28.5 Å². The Kier molecular flexibility index (Phi) is 28.6. The minimum atomic E-state index is -0.490. The summed E-state index contributed by atoms with van der Waals surface area (Å²) in [6.07, 6.45) is 35.1. The zero-order valence-electron chi connectivity index (χ0n) is 40.1. The number of rotatable bonds is 38. The van der Waals surface area contributed by atoms with E-state index in [1.807, 2.05) is 84.9 Å². The molecule has 0 spiro atoms. The summed E-state index contributed by atoms with van der Waals surface area (Å²) in [6, 6.07) is 27.5. The molecular weight excluding hydrogens is 825 g/mol.